The van der Waals surface area contributed by atoms with Crippen LogP contribution in [0.1, 0.15) is 12.5 Å². The Balaban J connectivity index is 2.36. The van der Waals surface area contributed by atoms with E-state index in [1.54, 1.807) is 19.1 Å². The predicted molar refractivity (Wildman–Crippen MR) is 70.5 cm³/mol. The number of carbonyl (C=O) groups is 1. The SMILES string of the molecule is CCOC(=O)C(C#N)=Cc1cc2c(cc1Br)OCO2. The first-order chi connectivity index (χ1) is 9.15. The summed E-state index contributed by atoms with van der Waals surface area (Å²) in [6, 6.07) is 5.25. The number of halogens is 1. The van der Waals surface area contributed by atoms with Crippen molar-refractivity contribution in [2.75, 3.05) is 13.4 Å². The zero-order valence-corrected chi connectivity index (χ0v) is 11.7. The molecule has 0 atom stereocenters. The summed E-state index contributed by atoms with van der Waals surface area (Å²) in [5.41, 5.74) is 0.579. The van der Waals surface area contributed by atoms with Gasteiger partial charge in [-0.1, -0.05) is 15.9 Å². The Morgan fingerprint density at radius 2 is 2.21 bits per heavy atom. The van der Waals surface area contributed by atoms with Gasteiger partial charge in [0.25, 0.3) is 0 Å². The van der Waals surface area contributed by atoms with Crippen molar-refractivity contribution in [3.63, 3.8) is 0 Å². The molecule has 1 heterocycles. The monoisotopic (exact) mass is 323 g/mol. The fraction of sp³-hybridized carbons (Fsp3) is 0.231. The van der Waals surface area contributed by atoms with Gasteiger partial charge in [-0.3, -0.25) is 0 Å². The molecule has 19 heavy (non-hydrogen) atoms. The lowest BCUT2D eigenvalue weighted by Gasteiger charge is -2.03. The van der Waals surface area contributed by atoms with Gasteiger partial charge in [-0.2, -0.15) is 5.26 Å². The molecule has 0 aliphatic carbocycles. The summed E-state index contributed by atoms with van der Waals surface area (Å²) in [4.78, 5) is 11.5. The molecule has 0 aromatic heterocycles. The molecule has 0 amide bonds. The van der Waals surface area contributed by atoms with Crippen molar-refractivity contribution in [2.45, 2.75) is 6.92 Å². The number of fused-ring (bicyclic) bond motifs is 1. The highest BCUT2D eigenvalue weighted by Crippen LogP contribution is 2.37. The molecule has 5 nitrogen and oxygen atoms in total. The second kappa shape index (κ2) is 5.76. The van der Waals surface area contributed by atoms with E-state index in [2.05, 4.69) is 15.9 Å². The van der Waals surface area contributed by atoms with Crippen molar-refractivity contribution in [3.8, 4) is 17.6 Å². The molecule has 0 spiro atoms. The van der Waals surface area contributed by atoms with E-state index in [0.717, 1.165) is 0 Å². The van der Waals surface area contributed by atoms with Crippen LogP contribution in [0.2, 0.25) is 0 Å². The van der Waals surface area contributed by atoms with Crippen LogP contribution in [-0.4, -0.2) is 19.4 Å². The maximum atomic E-state index is 11.5. The van der Waals surface area contributed by atoms with Gasteiger partial charge in [0.2, 0.25) is 6.79 Å². The zero-order valence-electron chi connectivity index (χ0n) is 10.1. The molecule has 2 rings (SSSR count). The van der Waals surface area contributed by atoms with Crippen molar-refractivity contribution in [2.24, 2.45) is 0 Å². The second-order valence-electron chi connectivity index (χ2n) is 3.62. The highest BCUT2D eigenvalue weighted by Gasteiger charge is 2.17. The van der Waals surface area contributed by atoms with Crippen molar-refractivity contribution >= 4 is 28.0 Å². The van der Waals surface area contributed by atoms with Gasteiger partial charge in [0.1, 0.15) is 11.6 Å². The molecular formula is C13H10BrNO4. The molecule has 0 unspecified atom stereocenters. The quantitative estimate of drug-likeness (QED) is 0.486. The molecule has 0 saturated heterocycles. The fourth-order valence-corrected chi connectivity index (χ4v) is 1.98. The highest BCUT2D eigenvalue weighted by molar-refractivity contribution is 9.10. The zero-order chi connectivity index (χ0) is 13.8. The van der Waals surface area contributed by atoms with Crippen LogP contribution in [0.25, 0.3) is 6.08 Å². The first kappa shape index (κ1) is 13.4. The number of hydrogen-bond donors (Lipinski definition) is 0. The van der Waals surface area contributed by atoms with Crippen LogP contribution < -0.4 is 9.47 Å². The van der Waals surface area contributed by atoms with Crippen LogP contribution in [0.15, 0.2) is 22.2 Å². The average molecular weight is 324 g/mol. The summed E-state index contributed by atoms with van der Waals surface area (Å²) in [5, 5.41) is 8.98. The van der Waals surface area contributed by atoms with Crippen molar-refractivity contribution in [3.05, 3.63) is 27.7 Å². The van der Waals surface area contributed by atoms with Crippen LogP contribution in [0, 0.1) is 11.3 Å². The van der Waals surface area contributed by atoms with Gasteiger partial charge in [-0.05, 0) is 30.7 Å². The number of hydrogen-bond acceptors (Lipinski definition) is 5. The number of benzene rings is 1. The molecule has 0 saturated carbocycles. The molecule has 6 heteroatoms. The van der Waals surface area contributed by atoms with Crippen molar-refractivity contribution in [1.29, 1.82) is 5.26 Å². The van der Waals surface area contributed by atoms with Crippen LogP contribution in [0.4, 0.5) is 0 Å². The number of esters is 1. The number of rotatable bonds is 3. The Morgan fingerprint density at radius 3 is 2.84 bits per heavy atom. The highest BCUT2D eigenvalue weighted by atomic mass is 79.9. The van der Waals surface area contributed by atoms with Gasteiger partial charge >= 0.3 is 5.97 Å². The smallest absolute Gasteiger partial charge is 0.348 e. The average Bonchev–Trinajstić information content (AvgIpc) is 2.83. The molecule has 98 valence electrons. The third-order valence-electron chi connectivity index (χ3n) is 2.41. The number of nitrogens with zero attached hydrogens (tertiary/aromatic N) is 1. The summed E-state index contributed by atoms with van der Waals surface area (Å²) in [7, 11) is 0. The van der Waals surface area contributed by atoms with E-state index in [1.807, 2.05) is 6.07 Å². The lowest BCUT2D eigenvalue weighted by Crippen LogP contribution is -2.06. The first-order valence-corrected chi connectivity index (χ1v) is 6.33. The topological polar surface area (TPSA) is 68.6 Å². The number of nitriles is 1. The van der Waals surface area contributed by atoms with E-state index in [0.29, 0.717) is 21.5 Å². The third kappa shape index (κ3) is 2.88. The molecule has 0 N–H and O–H groups in total. The lowest BCUT2D eigenvalue weighted by molar-refractivity contribution is -0.137. The summed E-state index contributed by atoms with van der Waals surface area (Å²) in [6.07, 6.45) is 1.45. The van der Waals surface area contributed by atoms with Crippen LogP contribution in [0.5, 0.6) is 11.5 Å². The standard InChI is InChI=1S/C13H10BrNO4/c1-2-17-13(16)9(6-15)3-8-4-11-12(5-10(8)14)19-7-18-11/h3-5H,2,7H2,1H3. The van der Waals surface area contributed by atoms with Gasteiger partial charge in [0.15, 0.2) is 11.5 Å². The minimum Gasteiger partial charge on any atom is -0.462 e. The Morgan fingerprint density at radius 1 is 1.53 bits per heavy atom. The summed E-state index contributed by atoms with van der Waals surface area (Å²) in [6.45, 7) is 2.07. The second-order valence-corrected chi connectivity index (χ2v) is 4.47. The van der Waals surface area contributed by atoms with E-state index in [9.17, 15) is 4.79 Å². The van der Waals surface area contributed by atoms with Gasteiger partial charge in [0, 0.05) is 4.47 Å². The molecular weight excluding hydrogens is 314 g/mol. The Hall–Kier alpha value is -2.00. The van der Waals surface area contributed by atoms with E-state index < -0.39 is 5.97 Å². The molecule has 0 bridgehead atoms. The maximum Gasteiger partial charge on any atom is 0.348 e. The summed E-state index contributed by atoms with van der Waals surface area (Å²) >= 11 is 3.35. The molecule has 1 aromatic carbocycles. The number of ether oxygens (including phenoxy) is 3. The minimum atomic E-state index is -0.644. The summed E-state index contributed by atoms with van der Waals surface area (Å²) < 4.78 is 16.0. The Bertz CT molecular complexity index is 589. The first-order valence-electron chi connectivity index (χ1n) is 5.53. The van der Waals surface area contributed by atoms with Crippen LogP contribution in [0.3, 0.4) is 0 Å². The molecule has 0 fully saturated rings. The molecule has 1 aromatic rings. The van der Waals surface area contributed by atoms with Gasteiger partial charge in [0.05, 0.1) is 6.61 Å². The minimum absolute atomic E-state index is 0.0681. The predicted octanol–water partition coefficient (Wildman–Crippen LogP) is 2.65. The van der Waals surface area contributed by atoms with E-state index in [-0.39, 0.29) is 19.0 Å². The molecule has 1 aliphatic heterocycles. The van der Waals surface area contributed by atoms with Crippen LogP contribution in [-0.2, 0) is 9.53 Å². The Labute approximate surface area is 118 Å². The number of carbonyl (C=O) groups excluding carboxylic acids is 1. The van der Waals surface area contributed by atoms with Crippen molar-refractivity contribution < 1.29 is 19.0 Å². The van der Waals surface area contributed by atoms with Crippen molar-refractivity contribution in [1.82, 2.24) is 0 Å². The lowest BCUT2D eigenvalue weighted by atomic mass is 10.1. The Kier molecular flexibility index (Phi) is 4.07. The molecule has 0 radical (unpaired) electrons. The fourth-order valence-electron chi connectivity index (χ4n) is 1.54. The van der Waals surface area contributed by atoms with Gasteiger partial charge in [-0.25, -0.2) is 4.79 Å². The van der Waals surface area contributed by atoms with E-state index in [4.69, 9.17) is 19.5 Å². The maximum absolute atomic E-state index is 11.5. The van der Waals surface area contributed by atoms with E-state index in [1.165, 1.54) is 6.08 Å². The third-order valence-corrected chi connectivity index (χ3v) is 3.09. The normalized spacial score (nSPS) is 13.0. The van der Waals surface area contributed by atoms with Gasteiger partial charge in [-0.15, -0.1) is 0 Å². The molecule has 1 aliphatic rings. The summed E-state index contributed by atoms with van der Waals surface area (Å²) in [5.74, 6) is 0.559. The largest absolute Gasteiger partial charge is 0.462 e. The van der Waals surface area contributed by atoms with Gasteiger partial charge < -0.3 is 14.2 Å². The van der Waals surface area contributed by atoms with Crippen LogP contribution >= 0.6 is 15.9 Å². The van der Waals surface area contributed by atoms with E-state index >= 15 is 0 Å².